The Bertz CT molecular complexity index is 735. The van der Waals surface area contributed by atoms with Crippen LogP contribution in [0.25, 0.3) is 0 Å². The van der Waals surface area contributed by atoms with Crippen LogP contribution in [0.3, 0.4) is 0 Å². The molecule has 1 aromatic rings. The van der Waals surface area contributed by atoms with Crippen LogP contribution in [-0.4, -0.2) is 69.9 Å². The molecule has 0 spiro atoms. The molecule has 1 aliphatic rings. The standard InChI is InChI=1S/C19H30N4O3S/c1-3-27(25,26)12-10-21-19(20-2)22-14-17-13-18(24)23(15-17)11-9-16-7-5-4-6-8-16/h4-8,17H,3,9-15H2,1-2H3,(H2,20,21,22). The smallest absolute Gasteiger partial charge is 0.223 e. The van der Waals surface area contributed by atoms with Crippen molar-refractivity contribution in [2.24, 2.45) is 10.9 Å². The Kier molecular flexibility index (Phi) is 8.09. The molecule has 7 nitrogen and oxygen atoms in total. The Hall–Kier alpha value is -2.09. The number of hydrogen-bond donors (Lipinski definition) is 2. The van der Waals surface area contributed by atoms with E-state index in [1.54, 1.807) is 14.0 Å². The van der Waals surface area contributed by atoms with Crippen LogP contribution in [0.1, 0.15) is 18.9 Å². The first kappa shape index (κ1) is 21.2. The maximum absolute atomic E-state index is 12.2. The van der Waals surface area contributed by atoms with E-state index in [0.29, 0.717) is 25.5 Å². The van der Waals surface area contributed by atoms with Gasteiger partial charge in [0.2, 0.25) is 5.91 Å². The Morgan fingerprint density at radius 1 is 1.26 bits per heavy atom. The minimum atomic E-state index is -2.99. The van der Waals surface area contributed by atoms with E-state index in [1.165, 1.54) is 5.56 Å². The number of sulfone groups is 1. The predicted octanol–water partition coefficient (Wildman–Crippen LogP) is 0.677. The molecule has 8 heteroatoms. The summed E-state index contributed by atoms with van der Waals surface area (Å²) >= 11 is 0. The molecule has 2 N–H and O–H groups in total. The summed E-state index contributed by atoms with van der Waals surface area (Å²) in [5.74, 6) is 1.21. The van der Waals surface area contributed by atoms with Crippen molar-refractivity contribution in [2.45, 2.75) is 19.8 Å². The highest BCUT2D eigenvalue weighted by molar-refractivity contribution is 7.91. The van der Waals surface area contributed by atoms with E-state index in [0.717, 1.165) is 19.5 Å². The number of guanidine groups is 1. The summed E-state index contributed by atoms with van der Waals surface area (Å²) in [6, 6.07) is 10.2. The number of carbonyl (C=O) groups is 1. The molecule has 1 aromatic carbocycles. The number of aliphatic imine (C=N–C) groups is 1. The lowest BCUT2D eigenvalue weighted by atomic mass is 10.1. The average molecular weight is 395 g/mol. The number of rotatable bonds is 9. The van der Waals surface area contributed by atoms with Crippen molar-refractivity contribution >= 4 is 21.7 Å². The highest BCUT2D eigenvalue weighted by Gasteiger charge is 2.29. The lowest BCUT2D eigenvalue weighted by Gasteiger charge is -2.18. The summed E-state index contributed by atoms with van der Waals surface area (Å²) in [6.45, 7) is 4.07. The molecule has 0 aliphatic carbocycles. The second kappa shape index (κ2) is 10.3. The number of hydrogen-bond acceptors (Lipinski definition) is 4. The van der Waals surface area contributed by atoms with Crippen LogP contribution in [-0.2, 0) is 21.1 Å². The van der Waals surface area contributed by atoms with Crippen molar-refractivity contribution in [3.8, 4) is 0 Å². The van der Waals surface area contributed by atoms with Gasteiger partial charge in [0, 0.05) is 51.3 Å². The van der Waals surface area contributed by atoms with Gasteiger partial charge in [0.1, 0.15) is 0 Å². The van der Waals surface area contributed by atoms with E-state index in [1.807, 2.05) is 23.1 Å². The van der Waals surface area contributed by atoms with Crippen LogP contribution in [0.2, 0.25) is 0 Å². The highest BCUT2D eigenvalue weighted by atomic mass is 32.2. The lowest BCUT2D eigenvalue weighted by Crippen LogP contribution is -2.42. The normalized spacial score (nSPS) is 18.0. The summed E-state index contributed by atoms with van der Waals surface area (Å²) < 4.78 is 23.1. The van der Waals surface area contributed by atoms with Crippen LogP contribution < -0.4 is 10.6 Å². The zero-order valence-electron chi connectivity index (χ0n) is 16.1. The Labute approximate surface area is 162 Å². The molecule has 150 valence electrons. The maximum atomic E-state index is 12.2. The number of likely N-dealkylation sites (tertiary alicyclic amines) is 1. The van der Waals surface area contributed by atoms with Crippen molar-refractivity contribution in [1.82, 2.24) is 15.5 Å². The van der Waals surface area contributed by atoms with Crippen LogP contribution in [0, 0.1) is 5.92 Å². The van der Waals surface area contributed by atoms with Gasteiger partial charge >= 0.3 is 0 Å². The van der Waals surface area contributed by atoms with Gasteiger partial charge in [0.05, 0.1) is 5.75 Å². The van der Waals surface area contributed by atoms with Crippen LogP contribution in [0.15, 0.2) is 35.3 Å². The summed E-state index contributed by atoms with van der Waals surface area (Å²) in [7, 11) is -1.35. The number of amides is 1. The second-order valence-electron chi connectivity index (χ2n) is 6.76. The van der Waals surface area contributed by atoms with Gasteiger partial charge in [-0.15, -0.1) is 0 Å². The van der Waals surface area contributed by atoms with Gasteiger partial charge < -0.3 is 15.5 Å². The molecular weight excluding hydrogens is 364 g/mol. The molecule has 1 fully saturated rings. The number of nitrogens with zero attached hydrogens (tertiary/aromatic N) is 2. The predicted molar refractivity (Wildman–Crippen MR) is 109 cm³/mol. The fraction of sp³-hybridized carbons (Fsp3) is 0.579. The van der Waals surface area contributed by atoms with Gasteiger partial charge in [-0.05, 0) is 12.0 Å². The first-order valence-corrected chi connectivity index (χ1v) is 11.2. The summed E-state index contributed by atoms with van der Waals surface area (Å²) in [4.78, 5) is 18.3. The number of benzene rings is 1. The molecule has 1 unspecified atom stereocenters. The van der Waals surface area contributed by atoms with Crippen LogP contribution in [0.5, 0.6) is 0 Å². The lowest BCUT2D eigenvalue weighted by molar-refractivity contribution is -0.127. The first-order chi connectivity index (χ1) is 12.9. The van der Waals surface area contributed by atoms with Crippen molar-refractivity contribution < 1.29 is 13.2 Å². The quantitative estimate of drug-likeness (QED) is 0.475. The van der Waals surface area contributed by atoms with E-state index in [2.05, 4.69) is 27.8 Å². The Balaban J connectivity index is 1.71. The zero-order valence-corrected chi connectivity index (χ0v) is 17.0. The molecule has 0 aromatic heterocycles. The van der Waals surface area contributed by atoms with E-state index >= 15 is 0 Å². The molecule has 27 heavy (non-hydrogen) atoms. The SMILES string of the molecule is CCS(=O)(=O)CCNC(=NC)NCC1CC(=O)N(CCc2ccccc2)C1. The number of carbonyl (C=O) groups excluding carboxylic acids is 1. The third-order valence-electron chi connectivity index (χ3n) is 4.73. The van der Waals surface area contributed by atoms with Crippen molar-refractivity contribution in [1.29, 1.82) is 0 Å². The molecule has 1 atom stereocenters. The van der Waals surface area contributed by atoms with E-state index in [4.69, 9.17) is 0 Å². The average Bonchev–Trinajstić information content (AvgIpc) is 3.03. The van der Waals surface area contributed by atoms with Crippen molar-refractivity contribution in [3.05, 3.63) is 35.9 Å². The largest absolute Gasteiger partial charge is 0.356 e. The minimum Gasteiger partial charge on any atom is -0.356 e. The monoisotopic (exact) mass is 394 g/mol. The molecule has 0 radical (unpaired) electrons. The van der Waals surface area contributed by atoms with Gasteiger partial charge in [0.15, 0.2) is 15.8 Å². The van der Waals surface area contributed by atoms with Gasteiger partial charge in [-0.3, -0.25) is 9.79 Å². The van der Waals surface area contributed by atoms with E-state index in [-0.39, 0.29) is 23.3 Å². The van der Waals surface area contributed by atoms with Gasteiger partial charge in [0.25, 0.3) is 0 Å². The topological polar surface area (TPSA) is 90.9 Å². The molecular formula is C19H30N4O3S. The molecule has 0 saturated carbocycles. The molecule has 1 aliphatic heterocycles. The Morgan fingerprint density at radius 3 is 2.67 bits per heavy atom. The van der Waals surface area contributed by atoms with Gasteiger partial charge in [-0.25, -0.2) is 8.42 Å². The third kappa shape index (κ3) is 7.21. The minimum absolute atomic E-state index is 0.0827. The highest BCUT2D eigenvalue weighted by Crippen LogP contribution is 2.17. The molecule has 1 amide bonds. The summed E-state index contributed by atoms with van der Waals surface area (Å²) in [5, 5.41) is 6.21. The molecule has 2 rings (SSSR count). The first-order valence-electron chi connectivity index (χ1n) is 9.40. The summed E-state index contributed by atoms with van der Waals surface area (Å²) in [5.41, 5.74) is 1.23. The second-order valence-corrected chi connectivity index (χ2v) is 9.23. The fourth-order valence-corrected chi connectivity index (χ4v) is 3.75. The van der Waals surface area contributed by atoms with E-state index < -0.39 is 9.84 Å². The third-order valence-corrected chi connectivity index (χ3v) is 6.44. The van der Waals surface area contributed by atoms with Gasteiger partial charge in [-0.2, -0.15) is 0 Å². The molecule has 1 saturated heterocycles. The Morgan fingerprint density at radius 2 is 2.00 bits per heavy atom. The van der Waals surface area contributed by atoms with Crippen molar-refractivity contribution in [2.75, 3.05) is 44.7 Å². The zero-order chi connectivity index (χ0) is 19.7. The van der Waals surface area contributed by atoms with Crippen LogP contribution in [0.4, 0.5) is 0 Å². The number of nitrogens with one attached hydrogen (secondary N) is 2. The maximum Gasteiger partial charge on any atom is 0.223 e. The van der Waals surface area contributed by atoms with Gasteiger partial charge in [-0.1, -0.05) is 37.3 Å². The van der Waals surface area contributed by atoms with Crippen LogP contribution >= 0.6 is 0 Å². The van der Waals surface area contributed by atoms with E-state index in [9.17, 15) is 13.2 Å². The molecule has 1 heterocycles. The summed E-state index contributed by atoms with van der Waals surface area (Å²) in [6.07, 6.45) is 1.39. The van der Waals surface area contributed by atoms with Crippen molar-refractivity contribution in [3.63, 3.8) is 0 Å². The fourth-order valence-electron chi connectivity index (χ4n) is 3.05. The molecule has 0 bridgehead atoms.